The lowest BCUT2D eigenvalue weighted by Crippen LogP contribution is -2.47. The van der Waals surface area contributed by atoms with Crippen LogP contribution in [0, 0.1) is 41.4 Å². The molecule has 0 heterocycles. The molecule has 0 aromatic carbocycles. The molecule has 10 atom stereocenters. The molecule has 0 amide bonds. The fraction of sp³-hybridized carbons (Fsp3) is 1.00. The third-order valence-corrected chi connectivity index (χ3v) is 8.13. The summed E-state index contributed by atoms with van der Waals surface area (Å²) in [6.45, 7) is 1.98. The minimum atomic E-state index is -0.583. The minimum absolute atomic E-state index is 0.165. The topological polar surface area (TPSA) is 40.5 Å². The number of halogens is 1. The second kappa shape index (κ2) is 1.85. The van der Waals surface area contributed by atoms with E-state index in [2.05, 4.69) is 15.9 Å². The van der Waals surface area contributed by atoms with Gasteiger partial charge in [-0.25, -0.2) is 0 Å². The summed E-state index contributed by atoms with van der Waals surface area (Å²) in [5.74, 6) is 3.70. The van der Waals surface area contributed by atoms with Crippen molar-refractivity contribution >= 4 is 15.9 Å². The predicted molar refractivity (Wildman–Crippen MR) is 57.3 cm³/mol. The Morgan fingerprint density at radius 3 is 2.47 bits per heavy atom. The number of rotatable bonds is 0. The smallest absolute Gasteiger partial charge is 0.0867 e. The molecule has 6 aliphatic carbocycles. The zero-order chi connectivity index (χ0) is 10.3. The van der Waals surface area contributed by atoms with E-state index in [1.165, 1.54) is 6.42 Å². The molecule has 7 unspecified atom stereocenters. The van der Waals surface area contributed by atoms with E-state index in [1.54, 1.807) is 0 Å². The summed E-state index contributed by atoms with van der Waals surface area (Å²) in [5, 5.41) is 21.6. The van der Waals surface area contributed by atoms with Crippen molar-refractivity contribution in [3.8, 4) is 0 Å². The summed E-state index contributed by atoms with van der Waals surface area (Å²) in [6.07, 6.45) is 1.28. The van der Waals surface area contributed by atoms with Crippen LogP contribution in [0.25, 0.3) is 0 Å². The molecule has 0 aliphatic heterocycles. The summed E-state index contributed by atoms with van der Waals surface area (Å²) in [5.41, 5.74) is -1.15. The van der Waals surface area contributed by atoms with Gasteiger partial charge in [-0.3, -0.25) is 0 Å². The highest BCUT2D eigenvalue weighted by Crippen LogP contribution is 2.87. The summed E-state index contributed by atoms with van der Waals surface area (Å²) in [4.78, 5) is 0.263. The first kappa shape index (κ1) is 8.48. The molecular formula is C12H15BrO2. The van der Waals surface area contributed by atoms with E-state index >= 15 is 0 Å². The summed E-state index contributed by atoms with van der Waals surface area (Å²) in [6, 6.07) is 0. The molecule has 15 heavy (non-hydrogen) atoms. The number of hydrogen-bond donors (Lipinski definition) is 2. The number of alkyl halides is 1. The molecule has 2 N–H and O–H groups in total. The van der Waals surface area contributed by atoms with Gasteiger partial charge in [-0.05, 0) is 48.9 Å². The predicted octanol–water partition coefficient (Wildman–Crippen LogP) is 1.00. The van der Waals surface area contributed by atoms with Gasteiger partial charge in [-0.15, -0.1) is 0 Å². The summed E-state index contributed by atoms with van der Waals surface area (Å²) >= 11 is 3.73. The Hall–Kier alpha value is 0.400. The van der Waals surface area contributed by atoms with Crippen LogP contribution in [0.1, 0.15) is 13.3 Å². The van der Waals surface area contributed by atoms with Gasteiger partial charge < -0.3 is 10.2 Å². The number of aliphatic hydroxyl groups is 2. The highest BCUT2D eigenvalue weighted by Gasteiger charge is 2.91. The lowest BCUT2D eigenvalue weighted by Gasteiger charge is -2.38. The second-order valence-corrected chi connectivity index (χ2v) is 7.75. The Balaban J connectivity index is 1.88. The quantitative estimate of drug-likeness (QED) is 0.645. The first-order valence-corrected chi connectivity index (χ1v) is 7.01. The lowest BCUT2D eigenvalue weighted by molar-refractivity contribution is -0.0700. The Morgan fingerprint density at radius 2 is 1.80 bits per heavy atom. The van der Waals surface area contributed by atoms with Gasteiger partial charge in [-0.2, -0.15) is 0 Å². The first-order chi connectivity index (χ1) is 7.00. The van der Waals surface area contributed by atoms with Crippen LogP contribution in [-0.4, -0.2) is 26.2 Å². The molecule has 82 valence electrons. The van der Waals surface area contributed by atoms with Crippen LogP contribution < -0.4 is 0 Å². The Bertz CT molecular complexity index is 393. The Morgan fingerprint density at radius 1 is 1.13 bits per heavy atom. The van der Waals surface area contributed by atoms with Gasteiger partial charge in [0, 0.05) is 10.7 Å². The van der Waals surface area contributed by atoms with E-state index in [9.17, 15) is 10.2 Å². The molecule has 3 heteroatoms. The van der Waals surface area contributed by atoms with Crippen molar-refractivity contribution in [3.05, 3.63) is 0 Å². The van der Waals surface area contributed by atoms with Crippen LogP contribution in [-0.2, 0) is 0 Å². The van der Waals surface area contributed by atoms with Crippen LogP contribution in [0.2, 0.25) is 0 Å². The van der Waals surface area contributed by atoms with E-state index in [0.717, 1.165) is 5.92 Å². The van der Waals surface area contributed by atoms with E-state index in [4.69, 9.17) is 0 Å². The van der Waals surface area contributed by atoms with Gasteiger partial charge in [0.15, 0.2) is 0 Å². The van der Waals surface area contributed by atoms with Crippen molar-refractivity contribution in [3.63, 3.8) is 0 Å². The highest BCUT2D eigenvalue weighted by atomic mass is 79.9. The molecule has 0 spiro atoms. The molecule has 0 saturated heterocycles. The van der Waals surface area contributed by atoms with Gasteiger partial charge >= 0.3 is 0 Å². The van der Waals surface area contributed by atoms with Gasteiger partial charge in [0.1, 0.15) is 0 Å². The van der Waals surface area contributed by atoms with Crippen LogP contribution in [0.4, 0.5) is 0 Å². The van der Waals surface area contributed by atoms with Crippen LogP contribution in [0.5, 0.6) is 0 Å². The molecule has 0 aromatic heterocycles. The van der Waals surface area contributed by atoms with Crippen LogP contribution in [0.15, 0.2) is 0 Å². The minimum Gasteiger partial charge on any atom is -0.389 e. The van der Waals surface area contributed by atoms with Gasteiger partial charge in [0.25, 0.3) is 0 Å². The van der Waals surface area contributed by atoms with Crippen molar-refractivity contribution in [2.24, 2.45) is 41.4 Å². The average molecular weight is 271 g/mol. The normalized spacial score (nSPS) is 85.6. The van der Waals surface area contributed by atoms with E-state index in [1.807, 2.05) is 6.92 Å². The molecule has 6 aliphatic rings. The first-order valence-electron chi connectivity index (χ1n) is 6.09. The largest absolute Gasteiger partial charge is 0.389 e. The van der Waals surface area contributed by atoms with Crippen molar-refractivity contribution in [1.29, 1.82) is 0 Å². The molecule has 6 fully saturated rings. The van der Waals surface area contributed by atoms with Crippen molar-refractivity contribution in [1.82, 2.24) is 0 Å². The fourth-order valence-corrected chi connectivity index (χ4v) is 8.39. The fourth-order valence-electron chi connectivity index (χ4n) is 7.06. The maximum Gasteiger partial charge on any atom is 0.0867 e. The Kier molecular flexibility index (Phi) is 1.05. The highest BCUT2D eigenvalue weighted by molar-refractivity contribution is 9.09. The van der Waals surface area contributed by atoms with E-state index in [0.29, 0.717) is 29.6 Å². The standard InChI is InChI=1S/C12H15BrO2/c1-11(14)7-3-2-4-6-5(3)9(11)12(15,8(4)7)10(6)13/h3-10,14-15H,2H2,1H3/t3?,4?,5?,6?,7?,8?,9?,10-,11+,12+/m0/s1. The van der Waals surface area contributed by atoms with E-state index < -0.39 is 11.2 Å². The molecule has 2 nitrogen and oxygen atoms in total. The maximum atomic E-state index is 10.9. The van der Waals surface area contributed by atoms with Crippen molar-refractivity contribution < 1.29 is 10.2 Å². The van der Waals surface area contributed by atoms with Crippen molar-refractivity contribution in [2.45, 2.75) is 29.4 Å². The number of hydrogen-bond acceptors (Lipinski definition) is 2. The molecule has 6 saturated carbocycles. The molecular weight excluding hydrogens is 256 g/mol. The average Bonchev–Trinajstić information content (AvgIpc) is 2.81. The molecule has 6 rings (SSSR count). The summed E-state index contributed by atoms with van der Waals surface area (Å²) < 4.78 is 0. The lowest BCUT2D eigenvalue weighted by atomic mass is 9.69. The zero-order valence-electron chi connectivity index (χ0n) is 8.60. The molecule has 0 radical (unpaired) electrons. The molecule has 0 aromatic rings. The van der Waals surface area contributed by atoms with Crippen LogP contribution >= 0.6 is 15.9 Å². The maximum absolute atomic E-state index is 10.9. The SMILES string of the molecule is C[C@@]1(O)C2C3CC4C5C3C1[C@](O)(C42)[C@H]5Br. The van der Waals surface area contributed by atoms with Gasteiger partial charge in [-0.1, -0.05) is 15.9 Å². The summed E-state index contributed by atoms with van der Waals surface area (Å²) in [7, 11) is 0. The van der Waals surface area contributed by atoms with Crippen LogP contribution in [0.3, 0.4) is 0 Å². The monoisotopic (exact) mass is 270 g/mol. The zero-order valence-corrected chi connectivity index (χ0v) is 10.2. The van der Waals surface area contributed by atoms with Gasteiger partial charge in [0.2, 0.25) is 0 Å². The third-order valence-electron chi connectivity index (χ3n) is 6.79. The van der Waals surface area contributed by atoms with Crippen molar-refractivity contribution in [2.75, 3.05) is 0 Å². The molecule has 6 bridgehead atoms. The third kappa shape index (κ3) is 0.502. The second-order valence-electron chi connectivity index (χ2n) is 6.76. The van der Waals surface area contributed by atoms with E-state index in [-0.39, 0.29) is 10.7 Å². The Labute approximate surface area is 97.2 Å². The van der Waals surface area contributed by atoms with Gasteiger partial charge in [0.05, 0.1) is 11.2 Å².